The maximum atomic E-state index is 12.9. The van der Waals surface area contributed by atoms with Gasteiger partial charge in [-0.05, 0) is 56.0 Å². The van der Waals surface area contributed by atoms with Gasteiger partial charge < -0.3 is 10.1 Å². The van der Waals surface area contributed by atoms with Gasteiger partial charge in [0.2, 0.25) is 0 Å². The quantitative estimate of drug-likeness (QED) is 0.542. The lowest BCUT2D eigenvalue weighted by Crippen LogP contribution is -2.41. The van der Waals surface area contributed by atoms with Crippen LogP contribution in [0.3, 0.4) is 0 Å². The Balaban J connectivity index is 1.36. The van der Waals surface area contributed by atoms with Crippen LogP contribution < -0.4 is 10.6 Å². The second-order valence-corrected chi connectivity index (χ2v) is 8.92. The highest BCUT2D eigenvalue weighted by atomic mass is 32.1. The molecular formula is C25H24N4O3S. The molecule has 1 aliphatic carbocycles. The fourth-order valence-electron chi connectivity index (χ4n) is 3.83. The highest BCUT2D eigenvalue weighted by Crippen LogP contribution is 2.27. The first-order valence-corrected chi connectivity index (χ1v) is 11.6. The highest BCUT2D eigenvalue weighted by Gasteiger charge is 2.30. The molecule has 1 fully saturated rings. The van der Waals surface area contributed by atoms with Crippen LogP contribution in [0.5, 0.6) is 0 Å². The number of hydrogen-bond donors (Lipinski definition) is 2. The van der Waals surface area contributed by atoms with E-state index in [1.165, 1.54) is 0 Å². The summed E-state index contributed by atoms with van der Waals surface area (Å²) in [7, 11) is 0. The number of carbonyl (C=O) groups excluding carboxylic acids is 2. The number of hydrogen-bond acceptors (Lipinski definition) is 6. The van der Waals surface area contributed by atoms with E-state index in [1.807, 2.05) is 36.4 Å². The van der Waals surface area contributed by atoms with Crippen LogP contribution in [-0.4, -0.2) is 28.9 Å². The van der Waals surface area contributed by atoms with Gasteiger partial charge in [0, 0.05) is 5.56 Å². The average Bonchev–Trinajstić information content (AvgIpc) is 3.43. The number of benzene rings is 2. The van der Waals surface area contributed by atoms with E-state index in [2.05, 4.69) is 15.6 Å². The van der Waals surface area contributed by atoms with Crippen LogP contribution in [0.2, 0.25) is 0 Å². The van der Waals surface area contributed by atoms with Crippen molar-refractivity contribution in [2.45, 2.75) is 44.9 Å². The number of rotatable bonds is 7. The molecule has 3 aromatic rings. The Labute approximate surface area is 196 Å². The molecule has 0 bridgehead atoms. The number of anilines is 1. The van der Waals surface area contributed by atoms with Crippen LogP contribution in [0.15, 0.2) is 54.6 Å². The Morgan fingerprint density at radius 1 is 1.12 bits per heavy atom. The Morgan fingerprint density at radius 3 is 2.61 bits per heavy atom. The lowest BCUT2D eigenvalue weighted by atomic mass is 10.1. The molecule has 2 aromatic carbocycles. The lowest BCUT2D eigenvalue weighted by Gasteiger charge is -2.21. The minimum absolute atomic E-state index is 0.0297. The van der Waals surface area contributed by atoms with Gasteiger partial charge in [-0.2, -0.15) is 5.26 Å². The van der Waals surface area contributed by atoms with E-state index in [1.54, 1.807) is 31.2 Å². The van der Waals surface area contributed by atoms with E-state index < -0.39 is 0 Å². The summed E-state index contributed by atoms with van der Waals surface area (Å²) >= 11 is 1.14. The second-order valence-electron chi connectivity index (χ2n) is 7.92. The monoisotopic (exact) mass is 460 g/mol. The SMILES string of the molecule is Cc1nc(NC(=O)c2ccc(C#N)cc2)sc1C(=O)N[C@H]1CCC[C@@H]1OCc1ccccc1. The van der Waals surface area contributed by atoms with Crippen molar-refractivity contribution < 1.29 is 14.3 Å². The molecule has 2 atom stereocenters. The van der Waals surface area contributed by atoms with E-state index in [0.717, 1.165) is 36.2 Å². The Hall–Kier alpha value is -3.54. The van der Waals surface area contributed by atoms with Crippen molar-refractivity contribution in [2.24, 2.45) is 0 Å². The zero-order valence-corrected chi connectivity index (χ0v) is 19.0. The predicted molar refractivity (Wildman–Crippen MR) is 126 cm³/mol. The standard InChI is InChI=1S/C25H24N4O3S/c1-16-22(33-25(27-16)29-23(30)19-12-10-17(14-26)11-13-19)24(31)28-20-8-5-9-21(20)32-15-18-6-3-2-4-7-18/h2-4,6-7,10-13,20-21H,5,8-9,15H2,1H3,(H,28,31)(H,27,29,30)/t20-,21-/m0/s1. The molecule has 1 aromatic heterocycles. The molecule has 0 radical (unpaired) electrons. The fourth-order valence-corrected chi connectivity index (χ4v) is 4.69. The molecular weight excluding hydrogens is 436 g/mol. The van der Waals surface area contributed by atoms with Crippen molar-refractivity contribution in [3.8, 4) is 6.07 Å². The Kier molecular flexibility index (Phi) is 7.13. The first-order chi connectivity index (χ1) is 16.0. The molecule has 168 valence electrons. The minimum atomic E-state index is -0.342. The summed E-state index contributed by atoms with van der Waals surface area (Å²) in [5, 5.41) is 15.1. The molecule has 0 unspecified atom stereocenters. The molecule has 0 spiro atoms. The first kappa shape index (κ1) is 22.6. The van der Waals surface area contributed by atoms with Crippen molar-refractivity contribution in [1.82, 2.24) is 10.3 Å². The van der Waals surface area contributed by atoms with E-state index in [9.17, 15) is 9.59 Å². The molecule has 0 aliphatic heterocycles. The van der Waals surface area contributed by atoms with Crippen molar-refractivity contribution in [1.29, 1.82) is 5.26 Å². The summed E-state index contributed by atoms with van der Waals surface area (Å²) in [4.78, 5) is 30.2. The number of thiazole rings is 1. The zero-order chi connectivity index (χ0) is 23.2. The van der Waals surface area contributed by atoms with Gasteiger partial charge in [0.05, 0.1) is 36.1 Å². The number of aryl methyl sites for hydroxylation is 1. The molecule has 33 heavy (non-hydrogen) atoms. The molecule has 1 saturated carbocycles. The van der Waals surface area contributed by atoms with Crippen LogP contribution in [0.25, 0.3) is 0 Å². The molecule has 1 aliphatic rings. The summed E-state index contributed by atoms with van der Waals surface area (Å²) in [6.07, 6.45) is 2.74. The predicted octanol–water partition coefficient (Wildman–Crippen LogP) is 4.44. The molecule has 1 heterocycles. The number of nitrogens with zero attached hydrogens (tertiary/aromatic N) is 2. The average molecular weight is 461 g/mol. The third-order valence-corrected chi connectivity index (χ3v) is 6.65. The number of amides is 2. The molecule has 7 nitrogen and oxygen atoms in total. The van der Waals surface area contributed by atoms with E-state index in [0.29, 0.717) is 33.4 Å². The van der Waals surface area contributed by atoms with Crippen LogP contribution in [-0.2, 0) is 11.3 Å². The number of carbonyl (C=O) groups is 2. The normalized spacial score (nSPS) is 17.3. The Bertz CT molecular complexity index is 1170. The first-order valence-electron chi connectivity index (χ1n) is 10.8. The van der Waals surface area contributed by atoms with Gasteiger partial charge in [0.1, 0.15) is 4.88 Å². The second kappa shape index (κ2) is 10.4. The van der Waals surface area contributed by atoms with Gasteiger partial charge in [0.15, 0.2) is 5.13 Å². The van der Waals surface area contributed by atoms with Crippen LogP contribution >= 0.6 is 11.3 Å². The lowest BCUT2D eigenvalue weighted by molar-refractivity contribution is 0.0272. The van der Waals surface area contributed by atoms with Crippen LogP contribution in [0, 0.1) is 18.3 Å². The summed E-state index contributed by atoms with van der Waals surface area (Å²) in [6, 6.07) is 18.3. The van der Waals surface area contributed by atoms with Crippen molar-refractivity contribution in [3.63, 3.8) is 0 Å². The van der Waals surface area contributed by atoms with Gasteiger partial charge in [-0.1, -0.05) is 41.7 Å². The van der Waals surface area contributed by atoms with E-state index in [4.69, 9.17) is 10.00 Å². The highest BCUT2D eigenvalue weighted by molar-refractivity contribution is 7.17. The third-order valence-electron chi connectivity index (χ3n) is 5.58. The number of aromatic nitrogens is 1. The van der Waals surface area contributed by atoms with Crippen molar-refractivity contribution in [2.75, 3.05) is 5.32 Å². The van der Waals surface area contributed by atoms with Gasteiger partial charge in [0.25, 0.3) is 11.8 Å². The van der Waals surface area contributed by atoms with E-state index in [-0.39, 0.29) is 24.0 Å². The summed E-state index contributed by atoms with van der Waals surface area (Å²) < 4.78 is 6.09. The maximum absolute atomic E-state index is 12.9. The maximum Gasteiger partial charge on any atom is 0.263 e. The van der Waals surface area contributed by atoms with Gasteiger partial charge >= 0.3 is 0 Å². The smallest absolute Gasteiger partial charge is 0.263 e. The molecule has 4 rings (SSSR count). The fraction of sp³-hybridized carbons (Fsp3) is 0.280. The number of ether oxygens (including phenoxy) is 1. The van der Waals surface area contributed by atoms with Gasteiger partial charge in [-0.15, -0.1) is 0 Å². The number of nitriles is 1. The van der Waals surface area contributed by atoms with Crippen LogP contribution in [0.1, 0.15) is 56.1 Å². The molecule has 2 N–H and O–H groups in total. The number of nitrogens with one attached hydrogen (secondary N) is 2. The van der Waals surface area contributed by atoms with Gasteiger partial charge in [-0.3, -0.25) is 14.9 Å². The Morgan fingerprint density at radius 2 is 1.88 bits per heavy atom. The van der Waals surface area contributed by atoms with Crippen molar-refractivity contribution in [3.05, 3.63) is 81.9 Å². The largest absolute Gasteiger partial charge is 0.371 e. The summed E-state index contributed by atoms with van der Waals surface area (Å²) in [5.41, 5.74) is 2.56. The summed E-state index contributed by atoms with van der Waals surface area (Å²) in [6.45, 7) is 2.27. The molecule has 0 saturated heterocycles. The molecule has 2 amide bonds. The van der Waals surface area contributed by atoms with Crippen molar-refractivity contribution >= 4 is 28.3 Å². The minimum Gasteiger partial charge on any atom is -0.371 e. The third kappa shape index (κ3) is 5.64. The zero-order valence-electron chi connectivity index (χ0n) is 18.2. The molecule has 8 heteroatoms. The van der Waals surface area contributed by atoms with Crippen LogP contribution in [0.4, 0.5) is 5.13 Å². The van der Waals surface area contributed by atoms with E-state index >= 15 is 0 Å². The topological polar surface area (TPSA) is 104 Å². The van der Waals surface area contributed by atoms with Gasteiger partial charge in [-0.25, -0.2) is 4.98 Å². The summed E-state index contributed by atoms with van der Waals surface area (Å²) in [5.74, 6) is -0.547.